The van der Waals surface area contributed by atoms with Gasteiger partial charge in [-0.1, -0.05) is 19.1 Å². The predicted molar refractivity (Wildman–Crippen MR) is 42.4 cm³/mol. The highest BCUT2D eigenvalue weighted by Gasteiger charge is 1.85. The van der Waals surface area contributed by atoms with Gasteiger partial charge >= 0.3 is 0 Å². The number of carbonyl (C=O) groups is 1. The molecule has 0 saturated carbocycles. The SMILES string of the molecule is C/C=C\C=C(\CC)NC=O. The van der Waals surface area contributed by atoms with Crippen LogP contribution in [0.3, 0.4) is 0 Å². The van der Waals surface area contributed by atoms with Gasteiger partial charge in [0.05, 0.1) is 0 Å². The van der Waals surface area contributed by atoms with Crippen molar-refractivity contribution < 1.29 is 4.79 Å². The second-order valence-electron chi connectivity index (χ2n) is 1.83. The molecular weight excluding hydrogens is 126 g/mol. The summed E-state index contributed by atoms with van der Waals surface area (Å²) in [6, 6.07) is 0. The van der Waals surface area contributed by atoms with Crippen molar-refractivity contribution in [2.75, 3.05) is 0 Å². The molecule has 0 radical (unpaired) electrons. The Labute approximate surface area is 61.6 Å². The number of rotatable bonds is 4. The average molecular weight is 139 g/mol. The summed E-state index contributed by atoms with van der Waals surface area (Å²) in [4.78, 5) is 9.96. The Morgan fingerprint density at radius 3 is 2.70 bits per heavy atom. The summed E-state index contributed by atoms with van der Waals surface area (Å²) in [5, 5.41) is 2.60. The number of hydrogen-bond acceptors (Lipinski definition) is 1. The van der Waals surface area contributed by atoms with Gasteiger partial charge in [-0.15, -0.1) is 0 Å². The molecule has 0 aromatic rings. The van der Waals surface area contributed by atoms with Crippen LogP contribution < -0.4 is 5.32 Å². The summed E-state index contributed by atoms with van der Waals surface area (Å²) in [5.41, 5.74) is 0.938. The van der Waals surface area contributed by atoms with Crippen molar-refractivity contribution in [2.45, 2.75) is 20.3 Å². The molecule has 0 spiro atoms. The lowest BCUT2D eigenvalue weighted by Gasteiger charge is -1.97. The van der Waals surface area contributed by atoms with E-state index in [1.807, 2.05) is 32.1 Å². The van der Waals surface area contributed by atoms with Crippen LogP contribution in [0.4, 0.5) is 0 Å². The van der Waals surface area contributed by atoms with Gasteiger partial charge in [0.15, 0.2) is 0 Å². The molecule has 0 aliphatic carbocycles. The zero-order valence-corrected chi connectivity index (χ0v) is 6.42. The van der Waals surface area contributed by atoms with Crippen LogP contribution in [0.15, 0.2) is 23.9 Å². The molecule has 0 fully saturated rings. The number of nitrogens with one attached hydrogen (secondary N) is 1. The zero-order chi connectivity index (χ0) is 7.82. The smallest absolute Gasteiger partial charge is 0.211 e. The molecule has 0 rings (SSSR count). The van der Waals surface area contributed by atoms with E-state index in [4.69, 9.17) is 0 Å². The third kappa shape index (κ3) is 3.89. The molecule has 2 heteroatoms. The molecule has 56 valence electrons. The maximum atomic E-state index is 9.96. The number of allylic oxidation sites excluding steroid dienone is 4. The highest BCUT2D eigenvalue weighted by Crippen LogP contribution is 1.93. The molecule has 1 amide bonds. The molecule has 1 N–H and O–H groups in total. The van der Waals surface area contributed by atoms with Crippen molar-refractivity contribution in [2.24, 2.45) is 0 Å². The van der Waals surface area contributed by atoms with Crippen LogP contribution in [0.25, 0.3) is 0 Å². The van der Waals surface area contributed by atoms with Gasteiger partial charge in [-0.3, -0.25) is 4.79 Å². The Morgan fingerprint density at radius 2 is 2.30 bits per heavy atom. The van der Waals surface area contributed by atoms with E-state index in [1.165, 1.54) is 0 Å². The lowest BCUT2D eigenvalue weighted by molar-refractivity contribution is -0.108. The minimum Gasteiger partial charge on any atom is -0.332 e. The van der Waals surface area contributed by atoms with Crippen LogP contribution >= 0.6 is 0 Å². The van der Waals surface area contributed by atoms with Gasteiger partial charge in [-0.2, -0.15) is 0 Å². The Morgan fingerprint density at radius 1 is 1.60 bits per heavy atom. The third-order valence-corrected chi connectivity index (χ3v) is 1.12. The Bertz CT molecular complexity index is 147. The van der Waals surface area contributed by atoms with Crippen LogP contribution in [0, 0.1) is 0 Å². The van der Waals surface area contributed by atoms with Gasteiger partial charge in [0, 0.05) is 5.70 Å². The first-order valence-corrected chi connectivity index (χ1v) is 3.37. The Hall–Kier alpha value is -1.05. The molecule has 0 atom stereocenters. The highest BCUT2D eigenvalue weighted by atomic mass is 16.1. The van der Waals surface area contributed by atoms with Crippen molar-refractivity contribution in [3.63, 3.8) is 0 Å². The van der Waals surface area contributed by atoms with Crippen molar-refractivity contribution in [3.05, 3.63) is 23.9 Å². The third-order valence-electron chi connectivity index (χ3n) is 1.12. The average Bonchev–Trinajstić information content (AvgIpc) is 1.98. The molecule has 0 aromatic heterocycles. The van der Waals surface area contributed by atoms with Gasteiger partial charge in [-0.05, 0) is 19.4 Å². The maximum absolute atomic E-state index is 9.96. The van der Waals surface area contributed by atoms with E-state index in [-0.39, 0.29) is 0 Å². The minimum atomic E-state index is 0.693. The van der Waals surface area contributed by atoms with Gasteiger partial charge < -0.3 is 5.32 Å². The maximum Gasteiger partial charge on any atom is 0.211 e. The van der Waals surface area contributed by atoms with Crippen molar-refractivity contribution in [1.29, 1.82) is 0 Å². The second-order valence-corrected chi connectivity index (χ2v) is 1.83. The minimum absolute atomic E-state index is 0.693. The van der Waals surface area contributed by atoms with Gasteiger partial charge in [-0.25, -0.2) is 0 Å². The standard InChI is InChI=1S/C8H13NO/c1-3-5-6-8(4-2)9-7-10/h3,5-7H,4H2,1-2H3,(H,9,10)/b5-3-,8-6-. The van der Waals surface area contributed by atoms with Gasteiger partial charge in [0.1, 0.15) is 0 Å². The molecule has 0 aliphatic rings. The van der Waals surface area contributed by atoms with E-state index >= 15 is 0 Å². The lowest BCUT2D eigenvalue weighted by atomic mass is 10.3. The van der Waals surface area contributed by atoms with Crippen LogP contribution in [-0.2, 0) is 4.79 Å². The summed E-state index contributed by atoms with van der Waals surface area (Å²) in [6.07, 6.45) is 7.24. The van der Waals surface area contributed by atoms with Crippen molar-refractivity contribution in [3.8, 4) is 0 Å². The fourth-order valence-electron chi connectivity index (χ4n) is 0.556. The largest absolute Gasteiger partial charge is 0.332 e. The molecule has 0 saturated heterocycles. The van der Waals surface area contributed by atoms with E-state index in [2.05, 4.69) is 5.32 Å². The summed E-state index contributed by atoms with van der Waals surface area (Å²) in [7, 11) is 0. The Kier molecular flexibility index (Phi) is 5.44. The molecule has 0 aromatic carbocycles. The zero-order valence-electron chi connectivity index (χ0n) is 6.42. The summed E-state index contributed by atoms with van der Waals surface area (Å²) in [6.45, 7) is 3.93. The van der Waals surface area contributed by atoms with Crippen LogP contribution in [-0.4, -0.2) is 6.41 Å². The van der Waals surface area contributed by atoms with Crippen LogP contribution in [0.2, 0.25) is 0 Å². The first-order valence-electron chi connectivity index (χ1n) is 3.37. The molecular formula is C8H13NO. The van der Waals surface area contributed by atoms with E-state index in [0.717, 1.165) is 12.1 Å². The van der Waals surface area contributed by atoms with E-state index in [0.29, 0.717) is 6.41 Å². The molecule has 0 unspecified atom stereocenters. The monoisotopic (exact) mass is 139 g/mol. The predicted octanol–water partition coefficient (Wildman–Crippen LogP) is 1.60. The van der Waals surface area contributed by atoms with Gasteiger partial charge in [0.25, 0.3) is 0 Å². The van der Waals surface area contributed by atoms with Crippen molar-refractivity contribution >= 4 is 6.41 Å². The van der Waals surface area contributed by atoms with Gasteiger partial charge in [0.2, 0.25) is 6.41 Å². The first-order chi connectivity index (χ1) is 4.85. The Balaban J connectivity index is 3.89. The summed E-state index contributed by atoms with van der Waals surface area (Å²) < 4.78 is 0. The molecule has 0 bridgehead atoms. The fourth-order valence-corrected chi connectivity index (χ4v) is 0.556. The highest BCUT2D eigenvalue weighted by molar-refractivity contribution is 5.50. The quantitative estimate of drug-likeness (QED) is 0.465. The summed E-state index contributed by atoms with van der Waals surface area (Å²) >= 11 is 0. The second kappa shape index (κ2) is 6.08. The fraction of sp³-hybridized carbons (Fsp3) is 0.375. The summed E-state index contributed by atoms with van der Waals surface area (Å²) in [5.74, 6) is 0. The topological polar surface area (TPSA) is 29.1 Å². The molecule has 10 heavy (non-hydrogen) atoms. The van der Waals surface area contributed by atoms with E-state index < -0.39 is 0 Å². The molecule has 2 nitrogen and oxygen atoms in total. The lowest BCUT2D eigenvalue weighted by Crippen LogP contribution is -2.08. The first kappa shape index (κ1) is 8.95. The number of hydrogen-bond donors (Lipinski definition) is 1. The molecule has 0 aliphatic heterocycles. The normalized spacial score (nSPS) is 12.0. The molecule has 0 heterocycles. The van der Waals surface area contributed by atoms with Crippen LogP contribution in [0.5, 0.6) is 0 Å². The van der Waals surface area contributed by atoms with E-state index in [9.17, 15) is 4.79 Å². The number of amides is 1. The van der Waals surface area contributed by atoms with E-state index in [1.54, 1.807) is 0 Å². The van der Waals surface area contributed by atoms with Crippen molar-refractivity contribution in [1.82, 2.24) is 5.32 Å². The van der Waals surface area contributed by atoms with Crippen LogP contribution in [0.1, 0.15) is 20.3 Å². The number of carbonyl (C=O) groups excluding carboxylic acids is 1.